The quantitative estimate of drug-likeness (QED) is 0.750. The molecular formula is C24H32N2O3S. The Hall–Kier alpha value is -2.18. The third kappa shape index (κ3) is 5.70. The van der Waals surface area contributed by atoms with Gasteiger partial charge in [0.15, 0.2) is 0 Å². The Morgan fingerprint density at radius 2 is 1.60 bits per heavy atom. The number of amides is 1. The third-order valence-electron chi connectivity index (χ3n) is 5.80. The molecule has 2 aromatic rings. The molecule has 1 N–H and O–H groups in total. The molecule has 1 aliphatic rings. The van der Waals surface area contributed by atoms with Crippen LogP contribution in [0.4, 0.5) is 0 Å². The van der Waals surface area contributed by atoms with Crippen molar-refractivity contribution in [3.8, 4) is 0 Å². The summed E-state index contributed by atoms with van der Waals surface area (Å²) in [4.78, 5) is 14.7. The normalized spacial score (nSPS) is 15.9. The summed E-state index contributed by atoms with van der Waals surface area (Å²) in [6, 6.07) is 16.5. The van der Waals surface area contributed by atoms with E-state index in [-0.39, 0.29) is 11.3 Å². The molecule has 1 saturated heterocycles. The lowest BCUT2D eigenvalue weighted by molar-refractivity contribution is 0.0687. The van der Waals surface area contributed by atoms with Crippen molar-refractivity contribution in [2.24, 2.45) is 5.92 Å². The van der Waals surface area contributed by atoms with E-state index in [0.29, 0.717) is 17.4 Å². The van der Waals surface area contributed by atoms with Crippen LogP contribution in [0.2, 0.25) is 0 Å². The molecule has 0 spiro atoms. The fourth-order valence-electron chi connectivity index (χ4n) is 3.80. The molecule has 162 valence electrons. The molecule has 0 saturated carbocycles. The molecule has 1 aliphatic heterocycles. The first-order chi connectivity index (χ1) is 14.2. The Morgan fingerprint density at radius 1 is 1.00 bits per heavy atom. The first-order valence-electron chi connectivity index (χ1n) is 10.6. The predicted molar refractivity (Wildman–Crippen MR) is 120 cm³/mol. The standard InChI is InChI=1S/C24H32N2O3S/c1-24(2,3)21-9-11-22(12-10-21)30(28,29)25-16-13-19-14-17-26(18-15-19)23(27)20-7-5-4-6-8-20/h4-12,19,25H,13-18H2,1-3H3. The first kappa shape index (κ1) is 22.5. The van der Waals surface area contributed by atoms with E-state index in [2.05, 4.69) is 25.5 Å². The zero-order valence-corrected chi connectivity index (χ0v) is 18.9. The van der Waals surface area contributed by atoms with Gasteiger partial charge in [-0.3, -0.25) is 4.79 Å². The van der Waals surface area contributed by atoms with Crippen LogP contribution in [-0.2, 0) is 15.4 Å². The van der Waals surface area contributed by atoms with Gasteiger partial charge in [0, 0.05) is 25.2 Å². The number of rotatable bonds is 6. The van der Waals surface area contributed by atoms with Gasteiger partial charge >= 0.3 is 0 Å². The minimum absolute atomic E-state index is 0.00746. The van der Waals surface area contributed by atoms with Gasteiger partial charge < -0.3 is 4.90 Å². The Labute approximate surface area is 180 Å². The first-order valence-corrected chi connectivity index (χ1v) is 12.1. The summed E-state index contributed by atoms with van der Waals surface area (Å²) < 4.78 is 27.9. The van der Waals surface area contributed by atoms with E-state index in [1.54, 1.807) is 12.1 Å². The van der Waals surface area contributed by atoms with Crippen LogP contribution in [0, 0.1) is 5.92 Å². The summed E-state index contributed by atoms with van der Waals surface area (Å²) in [7, 11) is -3.50. The second-order valence-electron chi connectivity index (χ2n) is 9.06. The number of hydrogen-bond acceptors (Lipinski definition) is 3. The molecule has 3 rings (SSSR count). The van der Waals surface area contributed by atoms with Crippen LogP contribution in [0.15, 0.2) is 59.5 Å². The summed E-state index contributed by atoms with van der Waals surface area (Å²) in [5, 5.41) is 0. The van der Waals surface area contributed by atoms with E-state index in [0.717, 1.165) is 43.5 Å². The minimum Gasteiger partial charge on any atom is -0.339 e. The number of sulfonamides is 1. The Balaban J connectivity index is 1.46. The Bertz CT molecular complexity index is 940. The van der Waals surface area contributed by atoms with Gasteiger partial charge in [0.05, 0.1) is 4.90 Å². The van der Waals surface area contributed by atoms with Gasteiger partial charge in [-0.05, 0) is 60.4 Å². The van der Waals surface area contributed by atoms with E-state index >= 15 is 0 Å². The number of hydrogen-bond donors (Lipinski definition) is 1. The van der Waals surface area contributed by atoms with Crippen molar-refractivity contribution in [1.29, 1.82) is 0 Å². The second kappa shape index (κ2) is 9.31. The van der Waals surface area contributed by atoms with Crippen molar-refractivity contribution in [2.75, 3.05) is 19.6 Å². The highest BCUT2D eigenvalue weighted by atomic mass is 32.2. The van der Waals surface area contributed by atoms with Gasteiger partial charge in [0.2, 0.25) is 10.0 Å². The molecule has 0 radical (unpaired) electrons. The Kier molecular flexibility index (Phi) is 6.98. The van der Waals surface area contributed by atoms with E-state index < -0.39 is 10.0 Å². The minimum atomic E-state index is -3.50. The molecule has 1 heterocycles. The number of nitrogens with one attached hydrogen (secondary N) is 1. The molecular weight excluding hydrogens is 396 g/mol. The van der Waals surface area contributed by atoms with Crippen LogP contribution in [0.5, 0.6) is 0 Å². The van der Waals surface area contributed by atoms with Gasteiger partial charge in [-0.1, -0.05) is 51.1 Å². The number of likely N-dealkylation sites (tertiary alicyclic amines) is 1. The largest absolute Gasteiger partial charge is 0.339 e. The van der Waals surface area contributed by atoms with E-state index in [4.69, 9.17) is 0 Å². The average Bonchev–Trinajstić information content (AvgIpc) is 2.74. The van der Waals surface area contributed by atoms with Crippen molar-refractivity contribution >= 4 is 15.9 Å². The average molecular weight is 429 g/mol. The van der Waals surface area contributed by atoms with Crippen LogP contribution < -0.4 is 4.72 Å². The molecule has 30 heavy (non-hydrogen) atoms. The molecule has 1 fully saturated rings. The number of nitrogens with zero attached hydrogens (tertiary/aromatic N) is 1. The highest BCUT2D eigenvalue weighted by molar-refractivity contribution is 7.89. The molecule has 0 bridgehead atoms. The van der Waals surface area contributed by atoms with Gasteiger partial charge in [-0.15, -0.1) is 0 Å². The Morgan fingerprint density at radius 3 is 2.17 bits per heavy atom. The number of piperidine rings is 1. The van der Waals surface area contributed by atoms with Gasteiger partial charge in [0.1, 0.15) is 0 Å². The van der Waals surface area contributed by atoms with E-state index in [1.807, 2.05) is 47.4 Å². The van der Waals surface area contributed by atoms with Crippen molar-refractivity contribution in [3.63, 3.8) is 0 Å². The lowest BCUT2D eigenvalue weighted by atomic mass is 9.87. The maximum absolute atomic E-state index is 12.6. The van der Waals surface area contributed by atoms with Gasteiger partial charge in [-0.2, -0.15) is 0 Å². The molecule has 2 aromatic carbocycles. The van der Waals surface area contributed by atoms with Gasteiger partial charge in [0.25, 0.3) is 5.91 Å². The molecule has 1 amide bonds. The maximum Gasteiger partial charge on any atom is 0.253 e. The zero-order valence-electron chi connectivity index (χ0n) is 18.1. The molecule has 6 heteroatoms. The van der Waals surface area contributed by atoms with Crippen LogP contribution in [0.3, 0.4) is 0 Å². The van der Waals surface area contributed by atoms with Crippen LogP contribution >= 0.6 is 0 Å². The number of carbonyl (C=O) groups excluding carboxylic acids is 1. The summed E-state index contributed by atoms with van der Waals surface area (Å²) >= 11 is 0. The SMILES string of the molecule is CC(C)(C)c1ccc(S(=O)(=O)NCCC2CCN(C(=O)c3ccccc3)CC2)cc1. The van der Waals surface area contributed by atoms with Crippen molar-refractivity contribution in [1.82, 2.24) is 9.62 Å². The van der Waals surface area contributed by atoms with Crippen LogP contribution in [0.1, 0.15) is 56.0 Å². The smallest absolute Gasteiger partial charge is 0.253 e. The summed E-state index contributed by atoms with van der Waals surface area (Å²) in [6.07, 6.45) is 2.59. The summed E-state index contributed by atoms with van der Waals surface area (Å²) in [5.41, 5.74) is 1.83. The fraction of sp³-hybridized carbons (Fsp3) is 0.458. The molecule has 0 atom stereocenters. The molecule has 0 unspecified atom stereocenters. The maximum atomic E-state index is 12.6. The van der Waals surface area contributed by atoms with E-state index in [1.165, 1.54) is 0 Å². The summed E-state index contributed by atoms with van der Waals surface area (Å²) in [6.45, 7) is 8.17. The van der Waals surface area contributed by atoms with Crippen molar-refractivity contribution < 1.29 is 13.2 Å². The monoisotopic (exact) mass is 428 g/mol. The lowest BCUT2D eigenvalue weighted by Gasteiger charge is -2.32. The summed E-state index contributed by atoms with van der Waals surface area (Å²) in [5.74, 6) is 0.504. The molecule has 0 aromatic heterocycles. The molecule has 0 aliphatic carbocycles. The fourth-order valence-corrected chi connectivity index (χ4v) is 4.85. The zero-order chi connectivity index (χ0) is 21.8. The predicted octanol–water partition coefficient (Wildman–Crippen LogP) is 4.20. The lowest BCUT2D eigenvalue weighted by Crippen LogP contribution is -2.39. The topological polar surface area (TPSA) is 66.5 Å². The highest BCUT2D eigenvalue weighted by Crippen LogP contribution is 2.24. The van der Waals surface area contributed by atoms with E-state index in [9.17, 15) is 13.2 Å². The molecule has 5 nitrogen and oxygen atoms in total. The number of benzene rings is 2. The third-order valence-corrected chi connectivity index (χ3v) is 7.27. The van der Waals surface area contributed by atoms with Crippen molar-refractivity contribution in [2.45, 2.75) is 50.3 Å². The highest BCUT2D eigenvalue weighted by Gasteiger charge is 2.24. The van der Waals surface area contributed by atoms with Gasteiger partial charge in [-0.25, -0.2) is 13.1 Å². The van der Waals surface area contributed by atoms with Crippen LogP contribution in [-0.4, -0.2) is 38.9 Å². The van der Waals surface area contributed by atoms with Crippen molar-refractivity contribution in [3.05, 3.63) is 65.7 Å². The second-order valence-corrected chi connectivity index (χ2v) is 10.8. The number of carbonyl (C=O) groups is 1. The van der Waals surface area contributed by atoms with Crippen LogP contribution in [0.25, 0.3) is 0 Å².